The van der Waals surface area contributed by atoms with Crippen LogP contribution in [0.1, 0.15) is 49.4 Å². The minimum absolute atomic E-state index is 0.0310. The number of aryl methyl sites for hydroxylation is 1. The monoisotopic (exact) mass is 489 g/mol. The molecule has 0 radical (unpaired) electrons. The van der Waals surface area contributed by atoms with Gasteiger partial charge in [0.05, 0.1) is 13.2 Å². The highest BCUT2D eigenvalue weighted by Crippen LogP contribution is 2.56. The molecule has 3 aliphatic rings. The Bertz CT molecular complexity index is 1520. The largest absolute Gasteiger partial charge is 0.505 e. The van der Waals surface area contributed by atoms with Crippen LogP contribution in [0, 0.1) is 12.8 Å². The number of methoxy groups -OCH3 is 1. The van der Waals surface area contributed by atoms with Crippen molar-refractivity contribution >= 4 is 22.7 Å². The van der Waals surface area contributed by atoms with Crippen LogP contribution in [0.3, 0.4) is 0 Å². The minimum atomic E-state index is -0.638. The van der Waals surface area contributed by atoms with Gasteiger partial charge in [-0.25, -0.2) is 4.79 Å². The third kappa shape index (κ3) is 3.32. The molecule has 1 aromatic carbocycles. The average Bonchev–Trinajstić information content (AvgIpc) is 3.11. The number of ether oxygens (including phenoxy) is 1. The summed E-state index contributed by atoms with van der Waals surface area (Å²) in [4.78, 5) is 27.8. The van der Waals surface area contributed by atoms with Gasteiger partial charge in [-0.15, -0.1) is 0 Å². The number of hydrogen-bond acceptors (Lipinski definition) is 6. The quantitative estimate of drug-likeness (QED) is 0.516. The van der Waals surface area contributed by atoms with Crippen molar-refractivity contribution in [3.8, 4) is 5.75 Å². The van der Waals surface area contributed by atoms with Crippen LogP contribution in [0.2, 0.25) is 0 Å². The van der Waals surface area contributed by atoms with E-state index in [1.807, 2.05) is 54.0 Å². The topological polar surface area (TPSA) is 81.7 Å². The lowest BCUT2D eigenvalue weighted by molar-refractivity contribution is 0.219. The van der Waals surface area contributed by atoms with Crippen LogP contribution < -0.4 is 11.2 Å². The smallest absolute Gasteiger partial charge is 0.354 e. The van der Waals surface area contributed by atoms with Crippen LogP contribution in [0.25, 0.3) is 11.0 Å². The number of rotatable bonds is 3. The maximum absolute atomic E-state index is 14.0. The van der Waals surface area contributed by atoms with Gasteiger partial charge in [0.15, 0.2) is 5.75 Å². The lowest BCUT2D eigenvalue weighted by Gasteiger charge is -2.39. The Morgan fingerprint density at radius 3 is 2.71 bits per heavy atom. The molecule has 0 amide bonds. The fourth-order valence-corrected chi connectivity index (χ4v) is 7.23. The van der Waals surface area contributed by atoms with Crippen LogP contribution in [0.5, 0.6) is 5.75 Å². The van der Waals surface area contributed by atoms with Crippen LogP contribution in [-0.2, 0) is 10.2 Å². The number of aromatic hydroxyl groups is 1. The van der Waals surface area contributed by atoms with Gasteiger partial charge >= 0.3 is 5.63 Å². The molecule has 1 saturated carbocycles. The zero-order valence-electron chi connectivity index (χ0n) is 19.7. The van der Waals surface area contributed by atoms with E-state index in [0.717, 1.165) is 59.4 Å². The molecule has 2 aromatic heterocycles. The number of hydrogen-bond donors (Lipinski definition) is 1. The standard InChI is InChI=1S/C28H27NO5S/c1-16-7-6-8-18(13-16)35-25-24(30)23-21(34-27(25)32)15-22-28(11-4-3-5-12-28)19-14-17(33-2)9-10-20(19)29(22)26(23)31/h6-10,13-15,19-20,30H,3-5,11-12H2,1-2H3. The molecule has 180 valence electrons. The Morgan fingerprint density at radius 2 is 1.97 bits per heavy atom. The van der Waals surface area contributed by atoms with Crippen molar-refractivity contribution in [1.82, 2.24) is 4.57 Å². The van der Waals surface area contributed by atoms with E-state index >= 15 is 0 Å². The second kappa shape index (κ2) is 8.19. The molecular weight excluding hydrogens is 462 g/mol. The Hall–Kier alpha value is -3.19. The highest BCUT2D eigenvalue weighted by Gasteiger charge is 2.52. The maximum atomic E-state index is 14.0. The molecule has 2 aliphatic carbocycles. The SMILES string of the molecule is COC1=CC2C(C=C1)n1c(cc3oc(=O)c(Sc4cccc(C)c4)c(O)c3c1=O)C21CCCCC1. The van der Waals surface area contributed by atoms with Gasteiger partial charge in [0.25, 0.3) is 5.56 Å². The van der Waals surface area contributed by atoms with Gasteiger partial charge < -0.3 is 18.8 Å². The molecule has 2 atom stereocenters. The van der Waals surface area contributed by atoms with Crippen molar-refractivity contribution in [1.29, 1.82) is 0 Å². The summed E-state index contributed by atoms with van der Waals surface area (Å²) in [5.74, 6) is 0.562. The molecule has 2 unspecified atom stereocenters. The predicted molar refractivity (Wildman–Crippen MR) is 135 cm³/mol. The molecule has 1 fully saturated rings. The van der Waals surface area contributed by atoms with Gasteiger partial charge in [0.1, 0.15) is 21.6 Å². The first-order valence-electron chi connectivity index (χ1n) is 12.1. The summed E-state index contributed by atoms with van der Waals surface area (Å²) in [6.45, 7) is 1.96. The molecule has 6 nitrogen and oxygen atoms in total. The molecule has 3 aromatic rings. The van der Waals surface area contributed by atoms with E-state index in [4.69, 9.17) is 9.15 Å². The highest BCUT2D eigenvalue weighted by atomic mass is 32.2. The van der Waals surface area contributed by atoms with Crippen molar-refractivity contribution < 1.29 is 14.3 Å². The summed E-state index contributed by atoms with van der Waals surface area (Å²) in [6.07, 6.45) is 11.3. The first kappa shape index (κ1) is 22.3. The molecule has 6 rings (SSSR count). The Kier molecular flexibility index (Phi) is 5.22. The number of fused-ring (bicyclic) bond motifs is 6. The summed E-state index contributed by atoms with van der Waals surface area (Å²) >= 11 is 1.12. The van der Waals surface area contributed by atoms with E-state index in [9.17, 15) is 14.7 Å². The van der Waals surface area contributed by atoms with Crippen molar-refractivity contribution in [3.63, 3.8) is 0 Å². The van der Waals surface area contributed by atoms with E-state index in [1.165, 1.54) is 6.42 Å². The lowest BCUT2D eigenvalue weighted by atomic mass is 9.63. The summed E-state index contributed by atoms with van der Waals surface area (Å²) in [7, 11) is 1.66. The van der Waals surface area contributed by atoms with Crippen molar-refractivity contribution in [3.05, 3.63) is 86.4 Å². The van der Waals surface area contributed by atoms with Crippen molar-refractivity contribution in [2.45, 2.75) is 60.3 Å². The number of nitrogens with zero attached hydrogens (tertiary/aromatic N) is 1. The van der Waals surface area contributed by atoms with Crippen molar-refractivity contribution in [2.24, 2.45) is 5.92 Å². The fourth-order valence-electron chi connectivity index (χ4n) is 6.28. The lowest BCUT2D eigenvalue weighted by Crippen LogP contribution is -2.34. The Labute approximate surface area is 206 Å². The van der Waals surface area contributed by atoms with E-state index < -0.39 is 5.63 Å². The minimum Gasteiger partial charge on any atom is -0.505 e. The fraction of sp³-hybridized carbons (Fsp3) is 0.357. The summed E-state index contributed by atoms with van der Waals surface area (Å²) in [6, 6.07) is 9.30. The van der Waals surface area contributed by atoms with Gasteiger partial charge in [-0.3, -0.25) is 4.79 Å². The summed E-state index contributed by atoms with van der Waals surface area (Å²) in [5.41, 5.74) is 0.898. The first-order valence-corrected chi connectivity index (χ1v) is 12.9. The van der Waals surface area contributed by atoms with E-state index in [-0.39, 0.29) is 44.5 Å². The molecule has 3 heterocycles. The van der Waals surface area contributed by atoms with Crippen LogP contribution in [0.15, 0.2) is 78.1 Å². The van der Waals surface area contributed by atoms with Crippen LogP contribution in [-0.4, -0.2) is 16.8 Å². The third-order valence-electron chi connectivity index (χ3n) is 7.85. The molecule has 7 heteroatoms. The van der Waals surface area contributed by atoms with Gasteiger partial charge in [-0.05, 0) is 44.1 Å². The Morgan fingerprint density at radius 1 is 1.17 bits per heavy atom. The first-order chi connectivity index (χ1) is 16.9. The summed E-state index contributed by atoms with van der Waals surface area (Å²) in [5, 5.41) is 11.3. The highest BCUT2D eigenvalue weighted by molar-refractivity contribution is 7.99. The Balaban J connectivity index is 1.58. The number of aromatic nitrogens is 1. The molecule has 35 heavy (non-hydrogen) atoms. The van der Waals surface area contributed by atoms with Gasteiger partial charge in [-0.1, -0.05) is 54.8 Å². The predicted octanol–water partition coefficient (Wildman–Crippen LogP) is 5.59. The molecule has 1 aliphatic heterocycles. The molecule has 0 bridgehead atoms. The third-order valence-corrected chi connectivity index (χ3v) is 8.91. The molecule has 1 N–H and O–H groups in total. The summed E-state index contributed by atoms with van der Waals surface area (Å²) < 4.78 is 13.1. The van der Waals surface area contributed by atoms with E-state index in [0.29, 0.717) is 0 Å². The second-order valence-electron chi connectivity index (χ2n) is 9.80. The molecule has 1 spiro atoms. The molecular formula is C28H27NO5S. The van der Waals surface area contributed by atoms with Crippen LogP contribution >= 0.6 is 11.8 Å². The average molecular weight is 490 g/mol. The zero-order chi connectivity index (χ0) is 24.3. The van der Waals surface area contributed by atoms with Crippen LogP contribution in [0.4, 0.5) is 0 Å². The van der Waals surface area contributed by atoms with Crippen molar-refractivity contribution in [2.75, 3.05) is 7.11 Å². The van der Waals surface area contributed by atoms with E-state index in [2.05, 4.69) is 6.08 Å². The van der Waals surface area contributed by atoms with Gasteiger partial charge in [-0.2, -0.15) is 0 Å². The number of pyridine rings is 1. The normalized spacial score (nSPS) is 22.2. The second-order valence-corrected chi connectivity index (χ2v) is 10.9. The number of benzene rings is 1. The maximum Gasteiger partial charge on any atom is 0.354 e. The number of allylic oxidation sites excluding steroid dienone is 3. The van der Waals surface area contributed by atoms with Gasteiger partial charge in [0.2, 0.25) is 0 Å². The molecule has 0 saturated heterocycles. The van der Waals surface area contributed by atoms with Gasteiger partial charge in [0, 0.05) is 28.0 Å². The van der Waals surface area contributed by atoms with E-state index in [1.54, 1.807) is 7.11 Å². The zero-order valence-corrected chi connectivity index (χ0v) is 20.6.